The zero-order valence-corrected chi connectivity index (χ0v) is 84.2. The minimum atomic E-state index is -0.620. The first-order chi connectivity index (χ1) is 73.3. The molecule has 0 unspecified atom stereocenters. The summed E-state index contributed by atoms with van der Waals surface area (Å²) in [5.74, 6) is 12.1. The summed E-state index contributed by atoms with van der Waals surface area (Å²) in [5, 5.41) is 79.9. The van der Waals surface area contributed by atoms with E-state index in [-0.39, 0.29) is 86.5 Å². The van der Waals surface area contributed by atoms with Gasteiger partial charge in [-0.2, -0.15) is 0 Å². The van der Waals surface area contributed by atoms with Crippen LogP contribution in [-0.2, 0) is 0 Å². The number of ether oxygens (including phenoxy) is 14. The van der Waals surface area contributed by atoms with E-state index in [1.54, 1.807) is 24.3 Å². The average molecular weight is 2050 g/mol. The van der Waals surface area contributed by atoms with E-state index in [1.165, 1.54) is 40.1 Å². The Morgan fingerprint density at radius 1 is 0.293 bits per heavy atom. The van der Waals surface area contributed by atoms with E-state index in [2.05, 4.69) is 139 Å². The lowest BCUT2D eigenvalue weighted by atomic mass is 9.88. The van der Waals surface area contributed by atoms with Gasteiger partial charge in [-0.05, 0) is 280 Å². The molecular formula is C112H120N12O26. The molecule has 150 heavy (non-hydrogen) atoms. The van der Waals surface area contributed by atoms with Crippen LogP contribution < -0.4 is 66.3 Å². The van der Waals surface area contributed by atoms with Crippen LogP contribution in [0.25, 0.3) is 101 Å². The van der Waals surface area contributed by atoms with Crippen LogP contribution in [0.4, 0.5) is 0 Å². The molecule has 4 saturated heterocycles. The van der Waals surface area contributed by atoms with Crippen LogP contribution in [0.1, 0.15) is 132 Å². The molecule has 9 aromatic carbocycles. The van der Waals surface area contributed by atoms with Crippen LogP contribution in [0.3, 0.4) is 0 Å². The fourth-order valence-corrected chi connectivity index (χ4v) is 20.0. The van der Waals surface area contributed by atoms with Crippen LogP contribution in [0.5, 0.6) is 81.8 Å². The Morgan fingerprint density at radius 3 is 0.893 bits per heavy atom. The van der Waals surface area contributed by atoms with E-state index in [9.17, 15) is 20.4 Å². The second-order valence-corrected chi connectivity index (χ2v) is 38.7. The number of aliphatic hydroxyl groups is 4. The van der Waals surface area contributed by atoms with Crippen molar-refractivity contribution < 1.29 is 122 Å². The molecule has 4 N–H and O–H groups in total. The molecule has 0 aliphatic carbocycles. The molecule has 0 spiro atoms. The van der Waals surface area contributed by atoms with Gasteiger partial charge in [-0.25, -0.2) is 0 Å². The molecule has 38 nitrogen and oxygen atoms in total. The second kappa shape index (κ2) is 46.7. The van der Waals surface area contributed by atoms with Crippen molar-refractivity contribution >= 4 is 54.6 Å². The summed E-state index contributed by atoms with van der Waals surface area (Å²) in [6, 6.07) is 63.4. The van der Waals surface area contributed by atoms with Crippen molar-refractivity contribution in [1.29, 1.82) is 0 Å². The first-order valence-corrected chi connectivity index (χ1v) is 51.1. The molecule has 0 saturated carbocycles. The average Bonchev–Trinajstić information content (AvgIpc) is 1.50. The van der Waals surface area contributed by atoms with Gasteiger partial charge < -0.3 is 142 Å². The Kier molecular flexibility index (Phi) is 31.4. The molecule has 0 bridgehead atoms. The van der Waals surface area contributed by atoms with Crippen molar-refractivity contribution in [3.63, 3.8) is 0 Å². The number of aromatic nitrogens is 8. The zero-order valence-electron chi connectivity index (χ0n) is 84.2. The predicted octanol–water partition coefficient (Wildman–Crippen LogP) is 18.7. The van der Waals surface area contributed by atoms with Gasteiger partial charge in [-0.15, -0.1) is 20.4 Å². The van der Waals surface area contributed by atoms with Gasteiger partial charge in [-0.1, -0.05) is 105 Å². The summed E-state index contributed by atoms with van der Waals surface area (Å²) in [6.07, 6.45) is 6.11. The Hall–Kier alpha value is -15.2. The fraction of sp³-hybridized carbons (Fsp3) is 0.393. The molecule has 0 amide bonds. The molecule has 38 heteroatoms. The highest BCUT2D eigenvalue weighted by molar-refractivity contribution is 5.90. The molecular weight excluding hydrogens is 1930 g/mol. The standard InChI is InChI=1S/C31H33N3O5.C28H31N3O7.C27H29N3O7.C26H27N3O7/c1-20(2)37-31-33-32-30(39-31)29-17-26-27(8-5-9-28(26)38-29)36-19-25(35)18-34-14-12-22(13-15-34)24-11-10-21-6-3-4-7-23(21)16-24;1-17(2)36-28-30-29-27(38-28)26-13-21-22(4-3-5-23(21)37-26)33-15-20(32)14-31-10-8-18(9-11-31)19-6-7-24-25(12-19)35-16-34-24;1-2-32-27-29-28-26(37-27)25-13-20-21(4-3-5-22(20)36-25)33-15-19(31)14-30-10-8-17(9-11-30)18-6-7-23-24(12-18)35-16-34-23;1-31-26-28-27-25(36-26)24-12-19-20(3-2-4-21(19)35-24)32-14-18(30)13-29-9-7-16(8-10-29)17-5-6-22-23(11-17)34-15-33-22/h3-11,16-17,20,22,25,35H,12-15,18-19H2,1-2H3;3-7,12-13,17-18,20,32H,8-11,14-16H2,1-2H3;3-7,12-13,17,19,31H,2,8-11,14-16H2,1H3;2-6,11-12,16,18,30H,7-10,13-15H2,1H3/t25-;20-;19-;18-/m0000/s1. The summed E-state index contributed by atoms with van der Waals surface area (Å²) in [5.41, 5.74) is 7.79. The van der Waals surface area contributed by atoms with Gasteiger partial charge in [0.15, 0.2) is 57.5 Å². The maximum absolute atomic E-state index is 10.8. The molecule has 4 fully saturated rings. The molecule has 24 rings (SSSR count). The van der Waals surface area contributed by atoms with Crippen molar-refractivity contribution in [2.24, 2.45) is 0 Å². The van der Waals surface area contributed by atoms with Crippen molar-refractivity contribution in [1.82, 2.24) is 60.4 Å². The quantitative estimate of drug-likeness (QED) is 0.0286. The third kappa shape index (κ3) is 24.5. The Morgan fingerprint density at radius 2 is 0.580 bits per heavy atom. The van der Waals surface area contributed by atoms with Gasteiger partial charge >= 0.3 is 24.3 Å². The lowest BCUT2D eigenvalue weighted by Gasteiger charge is -2.33. The first-order valence-electron chi connectivity index (χ1n) is 51.1. The summed E-state index contributed by atoms with van der Waals surface area (Å²) in [6.45, 7) is 21.1. The number of hydrogen-bond donors (Lipinski definition) is 4. The molecule has 784 valence electrons. The summed E-state index contributed by atoms with van der Waals surface area (Å²) in [7, 11) is 1.45. The van der Waals surface area contributed by atoms with Crippen LogP contribution in [0.15, 0.2) is 229 Å². The number of benzene rings is 9. The first kappa shape index (κ1) is 101. The number of likely N-dealkylation sites (tertiary alicyclic amines) is 4. The van der Waals surface area contributed by atoms with Crippen molar-refractivity contribution in [3.05, 3.63) is 216 Å². The molecule has 15 heterocycles. The number of β-amino-alcohol motifs (C(OH)–C–C–N with tert-alkyl or cyclic N) is 4. The van der Waals surface area contributed by atoms with E-state index in [4.69, 9.17) is 102 Å². The van der Waals surface area contributed by atoms with Crippen molar-refractivity contribution in [2.75, 3.05) is 139 Å². The maximum atomic E-state index is 10.8. The lowest BCUT2D eigenvalue weighted by Crippen LogP contribution is -2.40. The monoisotopic (exact) mass is 2050 g/mol. The van der Waals surface area contributed by atoms with Crippen molar-refractivity contribution in [3.8, 4) is 128 Å². The zero-order chi connectivity index (χ0) is 103. The third-order valence-corrected chi connectivity index (χ3v) is 27.5. The van der Waals surface area contributed by atoms with Crippen molar-refractivity contribution in [2.45, 2.75) is 146 Å². The number of piperidine rings is 4. The minimum Gasteiger partial charge on any atom is -0.490 e. The smallest absolute Gasteiger partial charge is 0.415 e. The lowest BCUT2D eigenvalue weighted by molar-refractivity contribution is 0.0598. The van der Waals surface area contributed by atoms with E-state index in [0.29, 0.717) is 145 Å². The van der Waals surface area contributed by atoms with Crippen LogP contribution in [0.2, 0.25) is 0 Å². The van der Waals surface area contributed by atoms with Gasteiger partial charge in [0.1, 0.15) is 96.2 Å². The highest BCUT2D eigenvalue weighted by Crippen LogP contribution is 2.45. The second-order valence-electron chi connectivity index (χ2n) is 38.7. The molecule has 4 atom stereocenters. The molecule has 8 aromatic heterocycles. The van der Waals surface area contributed by atoms with E-state index >= 15 is 0 Å². The van der Waals surface area contributed by atoms with E-state index in [0.717, 1.165) is 160 Å². The summed E-state index contributed by atoms with van der Waals surface area (Å²) in [4.78, 5) is 9.20. The number of furan rings is 4. The number of fused-ring (bicyclic) bond motifs is 8. The van der Waals surface area contributed by atoms with E-state index in [1.807, 2.05) is 126 Å². The topological polar surface area (TPSA) is 431 Å². The van der Waals surface area contributed by atoms with Gasteiger partial charge in [0.25, 0.3) is 23.6 Å². The van der Waals surface area contributed by atoms with Gasteiger partial charge in [-0.3, -0.25) is 0 Å². The molecule has 17 aromatic rings. The Labute approximate surface area is 862 Å². The number of nitrogens with zero attached hydrogens (tertiary/aromatic N) is 12. The number of methoxy groups -OCH3 is 1. The number of aliphatic hydroxyl groups excluding tert-OH is 4. The summed E-state index contributed by atoms with van der Waals surface area (Å²) < 4.78 is 123. The normalized spacial score (nSPS) is 16.6. The Bertz CT molecular complexity index is 7360. The fourth-order valence-electron chi connectivity index (χ4n) is 20.0. The number of rotatable bonds is 35. The molecule has 0 radical (unpaired) electrons. The van der Waals surface area contributed by atoms with E-state index < -0.39 is 24.4 Å². The maximum Gasteiger partial charge on any atom is 0.415 e. The van der Waals surface area contributed by atoms with Gasteiger partial charge in [0.05, 0.1) is 47.5 Å². The molecule has 7 aliphatic heterocycles. The summed E-state index contributed by atoms with van der Waals surface area (Å²) >= 11 is 0. The third-order valence-electron chi connectivity index (χ3n) is 27.5. The van der Waals surface area contributed by atoms with Crippen LogP contribution >= 0.6 is 0 Å². The minimum absolute atomic E-state index is 0.0602. The highest BCUT2D eigenvalue weighted by Gasteiger charge is 2.33. The van der Waals surface area contributed by atoms with Crippen LogP contribution in [-0.4, -0.2) is 256 Å². The largest absolute Gasteiger partial charge is 0.490 e. The molecule has 7 aliphatic rings. The van der Waals surface area contributed by atoms with Crippen LogP contribution in [0, 0.1) is 0 Å². The van der Waals surface area contributed by atoms with Gasteiger partial charge in [0.2, 0.25) is 20.4 Å². The number of hydrogen-bond acceptors (Lipinski definition) is 38. The highest BCUT2D eigenvalue weighted by atomic mass is 16.7. The predicted molar refractivity (Wildman–Crippen MR) is 549 cm³/mol. The van der Waals surface area contributed by atoms with Gasteiger partial charge in [0, 0.05) is 50.4 Å². The Balaban J connectivity index is 0.000000117. The SMILES string of the molecule is CC(C)Oc1nnc(-c2cc3c(OC[C@@H](O)CN4CCC(c5ccc6c(c5)OCO6)CC4)cccc3o2)o1.CC(C)Oc1nnc(-c2cc3c(OC[C@@H](O)CN4CCC(c5ccc6ccccc6c5)CC4)cccc3o2)o1.CCOc1nnc(-c2cc3c(OC[C@@H](O)CN4CCC(c5ccc6c(c5)OCO6)CC4)cccc3o2)o1.COc1nnc(-c2cc3c(OC[C@@H](O)CN4CCC(c5ccc6c(c5)OCO6)CC4)cccc3o2)o1.